The summed E-state index contributed by atoms with van der Waals surface area (Å²) < 4.78 is 6.05. The molecule has 1 N–H and O–H groups in total. The number of pyridine rings is 2. The van der Waals surface area contributed by atoms with Gasteiger partial charge in [0.2, 0.25) is 0 Å². The van der Waals surface area contributed by atoms with Crippen molar-refractivity contribution in [3.8, 4) is 21.9 Å². The van der Waals surface area contributed by atoms with Gasteiger partial charge >= 0.3 is 0 Å². The number of thiazole rings is 1. The molecular weight excluding hydrogens is 352 g/mol. The molecule has 0 spiro atoms. The summed E-state index contributed by atoms with van der Waals surface area (Å²) in [5.41, 5.74) is 1.80. The molecule has 4 rings (SSSR count). The lowest BCUT2D eigenvalue weighted by molar-refractivity contribution is -0.605. The summed E-state index contributed by atoms with van der Waals surface area (Å²) in [7, 11) is 0. The van der Waals surface area contributed by atoms with Gasteiger partial charge in [0.1, 0.15) is 11.3 Å². The zero-order valence-electron chi connectivity index (χ0n) is 13.3. The van der Waals surface area contributed by atoms with E-state index < -0.39 is 5.91 Å². The van der Waals surface area contributed by atoms with Gasteiger partial charge in [-0.15, -0.1) is 0 Å². The van der Waals surface area contributed by atoms with Crippen LogP contribution in [0.15, 0.2) is 71.9 Å². The molecule has 0 fully saturated rings. The summed E-state index contributed by atoms with van der Waals surface area (Å²) in [6, 6.07) is 10.4. The van der Waals surface area contributed by atoms with Crippen LogP contribution in [0.5, 0.6) is 0 Å². The second kappa shape index (κ2) is 6.77. The van der Waals surface area contributed by atoms with E-state index in [9.17, 15) is 10.0 Å². The first-order valence-electron chi connectivity index (χ1n) is 7.66. The highest BCUT2D eigenvalue weighted by atomic mass is 32.1. The minimum Gasteiger partial charge on any atom is -0.619 e. The third-order valence-electron chi connectivity index (χ3n) is 3.58. The van der Waals surface area contributed by atoms with E-state index in [0.717, 1.165) is 10.4 Å². The van der Waals surface area contributed by atoms with Gasteiger partial charge in [-0.05, 0) is 35.9 Å². The molecule has 0 saturated heterocycles. The molecule has 26 heavy (non-hydrogen) atoms. The summed E-state index contributed by atoms with van der Waals surface area (Å²) in [6.07, 6.45) is 7.48. The van der Waals surface area contributed by atoms with Gasteiger partial charge in [-0.3, -0.25) is 15.1 Å². The molecule has 0 unspecified atom stereocenters. The normalized spacial score (nSPS) is 10.6. The van der Waals surface area contributed by atoms with Crippen LogP contribution >= 0.6 is 11.3 Å². The average Bonchev–Trinajstić information content (AvgIpc) is 3.32. The van der Waals surface area contributed by atoms with E-state index >= 15 is 0 Å². The topological polar surface area (TPSA) is 95.0 Å². The lowest BCUT2D eigenvalue weighted by Crippen LogP contribution is -2.27. The van der Waals surface area contributed by atoms with Crippen molar-refractivity contribution in [2.45, 2.75) is 0 Å². The number of hydrogen-bond acceptors (Lipinski definition) is 6. The maximum atomic E-state index is 12.4. The molecule has 0 aliphatic heterocycles. The van der Waals surface area contributed by atoms with Crippen LogP contribution in [0.4, 0.5) is 5.13 Å². The Labute approximate surface area is 152 Å². The number of nitrogens with one attached hydrogen (secondary N) is 1. The first-order valence-corrected chi connectivity index (χ1v) is 8.47. The lowest BCUT2D eigenvalue weighted by atomic mass is 10.2. The summed E-state index contributed by atoms with van der Waals surface area (Å²) in [6.45, 7) is 0. The fourth-order valence-electron chi connectivity index (χ4n) is 2.41. The molecule has 1 amide bonds. The fraction of sp³-hybridized carbons (Fsp3) is 0. The first-order chi connectivity index (χ1) is 12.7. The van der Waals surface area contributed by atoms with E-state index in [2.05, 4.69) is 15.3 Å². The van der Waals surface area contributed by atoms with Crippen molar-refractivity contribution >= 4 is 22.4 Å². The second-order valence-electron chi connectivity index (χ2n) is 5.32. The molecule has 0 aromatic carbocycles. The number of carbonyl (C=O) groups is 1. The largest absolute Gasteiger partial charge is 0.619 e. The molecule has 0 radical (unpaired) electrons. The minimum atomic E-state index is -0.406. The summed E-state index contributed by atoms with van der Waals surface area (Å²) >= 11 is 1.32. The van der Waals surface area contributed by atoms with Gasteiger partial charge in [0.15, 0.2) is 23.3 Å². The third-order valence-corrected chi connectivity index (χ3v) is 4.60. The van der Waals surface area contributed by atoms with Crippen molar-refractivity contribution in [1.29, 1.82) is 0 Å². The second-order valence-corrected chi connectivity index (χ2v) is 6.32. The lowest BCUT2D eigenvalue weighted by Gasteiger charge is -2.01. The van der Waals surface area contributed by atoms with Crippen LogP contribution in [0.25, 0.3) is 21.9 Å². The van der Waals surface area contributed by atoms with Crippen LogP contribution < -0.4 is 10.0 Å². The summed E-state index contributed by atoms with van der Waals surface area (Å²) in [5, 5.41) is 14.5. The van der Waals surface area contributed by atoms with Gasteiger partial charge in [0.25, 0.3) is 5.91 Å². The molecule has 0 atom stereocenters. The number of amides is 1. The smallest absolute Gasteiger partial charge is 0.263 e. The van der Waals surface area contributed by atoms with Crippen molar-refractivity contribution in [2.75, 3.05) is 5.32 Å². The van der Waals surface area contributed by atoms with Crippen molar-refractivity contribution in [2.24, 2.45) is 0 Å². The van der Waals surface area contributed by atoms with Crippen LogP contribution in [0.2, 0.25) is 0 Å². The summed E-state index contributed by atoms with van der Waals surface area (Å²) in [4.78, 5) is 21.8. The van der Waals surface area contributed by atoms with Crippen LogP contribution in [0.3, 0.4) is 0 Å². The molecule has 4 aromatic heterocycles. The molecule has 0 saturated carbocycles. The van der Waals surface area contributed by atoms with Crippen LogP contribution in [0.1, 0.15) is 10.4 Å². The van der Waals surface area contributed by atoms with Gasteiger partial charge in [-0.2, -0.15) is 4.73 Å². The van der Waals surface area contributed by atoms with Crippen molar-refractivity contribution < 1.29 is 13.9 Å². The predicted octanol–water partition coefficient (Wildman–Crippen LogP) is 3.35. The highest BCUT2D eigenvalue weighted by molar-refractivity contribution is 7.19. The molecule has 128 valence electrons. The Bertz CT molecular complexity index is 1050. The minimum absolute atomic E-state index is 0.253. The van der Waals surface area contributed by atoms with Crippen molar-refractivity contribution in [1.82, 2.24) is 9.97 Å². The zero-order chi connectivity index (χ0) is 17.9. The average molecular weight is 364 g/mol. The van der Waals surface area contributed by atoms with Crippen molar-refractivity contribution in [3.63, 3.8) is 0 Å². The number of anilines is 1. The monoisotopic (exact) mass is 364 g/mol. The highest BCUT2D eigenvalue weighted by Gasteiger charge is 2.19. The Morgan fingerprint density at radius 1 is 1.19 bits per heavy atom. The van der Waals surface area contributed by atoms with E-state index in [-0.39, 0.29) is 5.56 Å². The molecular formula is C18H12N4O3S. The molecule has 0 bridgehead atoms. The van der Waals surface area contributed by atoms with Gasteiger partial charge in [0, 0.05) is 18.5 Å². The van der Waals surface area contributed by atoms with Crippen molar-refractivity contribution in [3.05, 3.63) is 78.2 Å². The van der Waals surface area contributed by atoms with Gasteiger partial charge in [-0.25, -0.2) is 4.98 Å². The summed E-state index contributed by atoms with van der Waals surface area (Å²) in [5.74, 6) is 0.196. The molecule has 4 aromatic rings. The molecule has 4 heterocycles. The molecule has 7 nitrogen and oxygen atoms in total. The number of rotatable bonds is 4. The number of furan rings is 1. The van der Waals surface area contributed by atoms with Crippen LogP contribution in [-0.2, 0) is 0 Å². The highest BCUT2D eigenvalue weighted by Crippen LogP contribution is 2.39. The maximum Gasteiger partial charge on any atom is 0.263 e. The Balaban J connectivity index is 1.70. The van der Waals surface area contributed by atoms with E-state index in [0.29, 0.717) is 21.3 Å². The Hall–Kier alpha value is -3.52. The SMILES string of the molecule is O=C(Nc1nc(-c2ccco2)c(-c2ccncc2)s1)c1ccc[n+]([O-])c1. The standard InChI is InChI=1S/C18H12N4O3S/c23-17(13-3-1-9-22(24)11-13)21-18-20-15(14-4-2-10-25-14)16(26-18)12-5-7-19-8-6-12/h1-11H,(H,20,21,23). The van der Waals surface area contributed by atoms with Gasteiger partial charge in [-0.1, -0.05) is 11.3 Å². The van der Waals surface area contributed by atoms with E-state index in [1.54, 1.807) is 30.8 Å². The van der Waals surface area contributed by atoms with Gasteiger partial charge < -0.3 is 9.62 Å². The van der Waals surface area contributed by atoms with E-state index in [4.69, 9.17) is 4.42 Å². The fourth-order valence-corrected chi connectivity index (χ4v) is 3.38. The predicted molar refractivity (Wildman–Crippen MR) is 96.4 cm³/mol. The molecule has 8 heteroatoms. The zero-order valence-corrected chi connectivity index (χ0v) is 14.1. The molecule has 0 aliphatic carbocycles. The molecule has 0 aliphatic rings. The van der Waals surface area contributed by atoms with Crippen LogP contribution in [-0.4, -0.2) is 15.9 Å². The van der Waals surface area contributed by atoms with Crippen LogP contribution in [0, 0.1) is 5.21 Å². The Morgan fingerprint density at radius 2 is 2.04 bits per heavy atom. The number of carbonyl (C=O) groups excluding carboxylic acids is 1. The Kier molecular flexibility index (Phi) is 4.16. The number of aromatic nitrogens is 3. The quantitative estimate of drug-likeness (QED) is 0.443. The third kappa shape index (κ3) is 3.17. The Morgan fingerprint density at radius 3 is 2.77 bits per heavy atom. The number of nitrogens with zero attached hydrogens (tertiary/aromatic N) is 3. The van der Waals surface area contributed by atoms with E-state index in [1.165, 1.54) is 29.8 Å². The van der Waals surface area contributed by atoms with E-state index in [1.807, 2.05) is 18.2 Å². The number of hydrogen-bond donors (Lipinski definition) is 1. The maximum absolute atomic E-state index is 12.4. The first kappa shape index (κ1) is 16.0. The van der Waals surface area contributed by atoms with Gasteiger partial charge in [0.05, 0.1) is 11.1 Å².